The minimum absolute atomic E-state index is 0.328. The topological polar surface area (TPSA) is 64.3 Å². The van der Waals surface area contributed by atoms with Crippen molar-refractivity contribution in [1.29, 1.82) is 0 Å². The lowest BCUT2D eigenvalue weighted by atomic mass is 10.4. The van der Waals surface area contributed by atoms with Gasteiger partial charge in [0.15, 0.2) is 0 Å². The van der Waals surface area contributed by atoms with E-state index in [2.05, 4.69) is 34.5 Å². The van der Waals surface area contributed by atoms with E-state index in [1.54, 1.807) is 10.9 Å². The van der Waals surface area contributed by atoms with E-state index in [1.165, 1.54) is 0 Å². The van der Waals surface area contributed by atoms with Crippen molar-refractivity contribution in [3.05, 3.63) is 17.2 Å². The van der Waals surface area contributed by atoms with Crippen molar-refractivity contribution in [1.82, 2.24) is 30.0 Å². The van der Waals surface area contributed by atoms with Crippen molar-refractivity contribution in [2.45, 2.75) is 19.9 Å². The molecule has 0 radical (unpaired) electrons. The molecule has 0 amide bonds. The number of rotatable bonds is 2. The zero-order valence-corrected chi connectivity index (χ0v) is 8.69. The third-order valence-electron chi connectivity index (χ3n) is 1.85. The van der Waals surface area contributed by atoms with Crippen LogP contribution in [0.4, 0.5) is 0 Å². The summed E-state index contributed by atoms with van der Waals surface area (Å²) in [5.74, 6) is 0. The van der Waals surface area contributed by atoms with E-state index < -0.39 is 0 Å². The fraction of sp³-hybridized carbons (Fsp3) is 0.429. The SMILES string of the molecule is CC(C)n1cc(-n2[nH]nnc2=S)cn1. The van der Waals surface area contributed by atoms with Crippen LogP contribution in [0.2, 0.25) is 0 Å². The molecule has 0 aromatic carbocycles. The number of tetrazole rings is 1. The van der Waals surface area contributed by atoms with Crippen LogP contribution in [0, 0.1) is 4.77 Å². The van der Waals surface area contributed by atoms with Gasteiger partial charge >= 0.3 is 0 Å². The Morgan fingerprint density at radius 1 is 1.50 bits per heavy atom. The van der Waals surface area contributed by atoms with Gasteiger partial charge in [-0.05, 0) is 26.1 Å². The first-order valence-corrected chi connectivity index (χ1v) is 4.64. The van der Waals surface area contributed by atoms with E-state index in [-0.39, 0.29) is 0 Å². The number of aromatic amines is 1. The second-order valence-electron chi connectivity index (χ2n) is 3.19. The molecule has 0 aliphatic rings. The zero-order valence-electron chi connectivity index (χ0n) is 7.88. The van der Waals surface area contributed by atoms with Crippen LogP contribution in [0.1, 0.15) is 19.9 Å². The van der Waals surface area contributed by atoms with Gasteiger partial charge in [-0.25, -0.2) is 4.68 Å². The Hall–Kier alpha value is -1.50. The summed E-state index contributed by atoms with van der Waals surface area (Å²) >= 11 is 4.96. The first kappa shape index (κ1) is 9.07. The van der Waals surface area contributed by atoms with Crippen LogP contribution in [0.3, 0.4) is 0 Å². The van der Waals surface area contributed by atoms with Gasteiger partial charge in [-0.3, -0.25) is 4.68 Å². The molecule has 1 N–H and O–H groups in total. The Balaban J connectivity index is 2.44. The molecular formula is C7H10N6S. The fourth-order valence-electron chi connectivity index (χ4n) is 1.09. The summed E-state index contributed by atoms with van der Waals surface area (Å²) in [6.07, 6.45) is 3.61. The van der Waals surface area contributed by atoms with Crippen molar-refractivity contribution in [2.24, 2.45) is 0 Å². The maximum atomic E-state index is 4.96. The van der Waals surface area contributed by atoms with E-state index in [0.29, 0.717) is 10.8 Å². The molecule has 2 heterocycles. The quantitative estimate of drug-likeness (QED) is 0.754. The van der Waals surface area contributed by atoms with Crippen molar-refractivity contribution in [2.75, 3.05) is 0 Å². The molecule has 0 unspecified atom stereocenters. The number of hydrogen-bond donors (Lipinski definition) is 1. The molecule has 0 fully saturated rings. The molecular weight excluding hydrogens is 200 g/mol. The summed E-state index contributed by atoms with van der Waals surface area (Å²) in [6.45, 7) is 4.11. The Kier molecular flexibility index (Phi) is 2.16. The maximum absolute atomic E-state index is 4.96. The van der Waals surface area contributed by atoms with Gasteiger partial charge in [0.1, 0.15) is 5.69 Å². The van der Waals surface area contributed by atoms with Crippen molar-refractivity contribution < 1.29 is 0 Å². The highest BCUT2D eigenvalue weighted by Crippen LogP contribution is 2.08. The summed E-state index contributed by atoms with van der Waals surface area (Å²) in [4.78, 5) is 0. The van der Waals surface area contributed by atoms with E-state index in [0.717, 1.165) is 5.69 Å². The fourth-order valence-corrected chi connectivity index (χ4v) is 1.28. The lowest BCUT2D eigenvalue weighted by molar-refractivity contribution is 0.532. The number of aromatic nitrogens is 6. The van der Waals surface area contributed by atoms with Crippen LogP contribution < -0.4 is 0 Å². The number of H-pyrrole nitrogens is 1. The van der Waals surface area contributed by atoms with Crippen molar-refractivity contribution in [3.63, 3.8) is 0 Å². The van der Waals surface area contributed by atoms with Crippen LogP contribution >= 0.6 is 12.2 Å². The lowest BCUT2D eigenvalue weighted by Gasteiger charge is -2.02. The van der Waals surface area contributed by atoms with E-state index in [1.807, 2.05) is 10.9 Å². The molecule has 7 heteroatoms. The largest absolute Gasteiger partial charge is 0.268 e. The van der Waals surface area contributed by atoms with Crippen LogP contribution in [-0.2, 0) is 0 Å². The van der Waals surface area contributed by atoms with Crippen LogP contribution in [0.25, 0.3) is 5.69 Å². The minimum atomic E-state index is 0.328. The van der Waals surface area contributed by atoms with E-state index in [4.69, 9.17) is 12.2 Å². The van der Waals surface area contributed by atoms with E-state index >= 15 is 0 Å². The first-order valence-electron chi connectivity index (χ1n) is 4.23. The average molecular weight is 210 g/mol. The number of nitrogens with one attached hydrogen (secondary N) is 1. The van der Waals surface area contributed by atoms with Gasteiger partial charge in [0.25, 0.3) is 0 Å². The molecule has 0 atom stereocenters. The van der Waals surface area contributed by atoms with Crippen LogP contribution in [0.5, 0.6) is 0 Å². The summed E-state index contributed by atoms with van der Waals surface area (Å²) < 4.78 is 3.84. The molecule has 2 aromatic heterocycles. The van der Waals surface area contributed by atoms with Crippen molar-refractivity contribution in [3.8, 4) is 5.69 Å². The standard InChI is InChI=1S/C7H10N6S/c1-5(2)12-4-6(3-8-12)13-7(14)9-10-11-13/h3-5H,1-2H3,(H,9,11,14). The summed E-state index contributed by atoms with van der Waals surface area (Å²) in [5, 5.41) is 14.1. The third kappa shape index (κ3) is 1.46. The Morgan fingerprint density at radius 2 is 2.29 bits per heavy atom. The molecule has 0 saturated heterocycles. The first-order chi connectivity index (χ1) is 6.68. The molecule has 0 spiro atoms. The van der Waals surface area contributed by atoms with Crippen LogP contribution in [-0.4, -0.2) is 30.0 Å². The van der Waals surface area contributed by atoms with Gasteiger partial charge < -0.3 is 0 Å². The smallest absolute Gasteiger partial charge is 0.243 e. The molecule has 0 aliphatic heterocycles. The highest BCUT2D eigenvalue weighted by atomic mass is 32.1. The van der Waals surface area contributed by atoms with Gasteiger partial charge in [0.2, 0.25) is 4.77 Å². The maximum Gasteiger partial charge on any atom is 0.243 e. The Bertz CT molecular complexity index is 478. The molecule has 14 heavy (non-hydrogen) atoms. The third-order valence-corrected chi connectivity index (χ3v) is 2.11. The zero-order chi connectivity index (χ0) is 10.1. The molecule has 0 aliphatic carbocycles. The second kappa shape index (κ2) is 3.33. The summed E-state index contributed by atoms with van der Waals surface area (Å²) in [5.41, 5.74) is 0.841. The van der Waals surface area contributed by atoms with Crippen molar-refractivity contribution >= 4 is 12.2 Å². The second-order valence-corrected chi connectivity index (χ2v) is 3.56. The molecule has 6 nitrogen and oxygen atoms in total. The highest BCUT2D eigenvalue weighted by molar-refractivity contribution is 7.71. The Labute approximate surface area is 85.5 Å². The van der Waals surface area contributed by atoms with Gasteiger partial charge in [0, 0.05) is 6.04 Å². The monoisotopic (exact) mass is 210 g/mol. The van der Waals surface area contributed by atoms with Gasteiger partial charge in [-0.1, -0.05) is 10.3 Å². The molecule has 2 rings (SSSR count). The molecule has 0 bridgehead atoms. The molecule has 74 valence electrons. The predicted molar refractivity (Wildman–Crippen MR) is 52.7 cm³/mol. The number of hydrogen-bond acceptors (Lipinski definition) is 4. The van der Waals surface area contributed by atoms with Crippen LogP contribution in [0.15, 0.2) is 12.4 Å². The lowest BCUT2D eigenvalue weighted by Crippen LogP contribution is -2.00. The van der Waals surface area contributed by atoms with Gasteiger partial charge in [0.05, 0.1) is 12.4 Å². The number of nitrogens with zero attached hydrogens (tertiary/aromatic N) is 5. The average Bonchev–Trinajstić information content (AvgIpc) is 2.71. The van der Waals surface area contributed by atoms with Gasteiger partial charge in [-0.2, -0.15) is 10.3 Å². The Morgan fingerprint density at radius 3 is 2.79 bits per heavy atom. The van der Waals surface area contributed by atoms with Gasteiger partial charge in [-0.15, -0.1) is 0 Å². The minimum Gasteiger partial charge on any atom is -0.268 e. The molecule has 0 saturated carbocycles. The summed E-state index contributed by atoms with van der Waals surface area (Å²) in [7, 11) is 0. The predicted octanol–water partition coefficient (Wildman–Crippen LogP) is 1.10. The summed E-state index contributed by atoms with van der Waals surface area (Å²) in [6, 6.07) is 0.328. The molecule has 2 aromatic rings. The highest BCUT2D eigenvalue weighted by Gasteiger charge is 2.04. The van der Waals surface area contributed by atoms with E-state index in [9.17, 15) is 0 Å². The normalized spacial score (nSPS) is 11.1.